The van der Waals surface area contributed by atoms with Gasteiger partial charge in [0.2, 0.25) is 0 Å². The number of halogens is 1. The van der Waals surface area contributed by atoms with E-state index in [4.69, 9.17) is 28.4 Å². The number of methoxy groups -OCH3 is 1. The molecule has 1 aliphatic heterocycles. The molecule has 0 unspecified atom stereocenters. The number of alkyl halides is 1. The minimum absolute atomic E-state index is 0.0835. The van der Waals surface area contributed by atoms with Crippen LogP contribution in [0.15, 0.2) is 0 Å². The van der Waals surface area contributed by atoms with Crippen LogP contribution in [0.2, 0.25) is 0 Å². The van der Waals surface area contributed by atoms with E-state index in [9.17, 15) is 24.3 Å². The van der Waals surface area contributed by atoms with Crippen molar-refractivity contribution < 1.29 is 52.7 Å². The number of fused-ring (bicyclic) bond motifs is 5. The number of carbonyl (C=O) groups excluding carboxylic acids is 4. The van der Waals surface area contributed by atoms with E-state index in [0.717, 1.165) is 57.8 Å². The van der Waals surface area contributed by atoms with Crippen molar-refractivity contribution in [2.24, 2.45) is 46.3 Å². The summed E-state index contributed by atoms with van der Waals surface area (Å²) in [5.74, 6) is 0.940. The highest BCUT2D eigenvalue weighted by molar-refractivity contribution is 14.1. The Morgan fingerprint density at radius 2 is 1.61 bits per heavy atom. The molecule has 0 aromatic rings. The van der Waals surface area contributed by atoms with Gasteiger partial charge >= 0.3 is 23.9 Å². The molecule has 0 aromatic carbocycles. The third-order valence-electron chi connectivity index (χ3n) is 13.5. The molecular weight excluding hydrogens is 747 g/mol. The standard InChI is InChI=1S/C37H57IO11/c1-19(8-13-31(43)44-7)26-11-12-27-25-10-9-23-16-24(14-15-36(23,5)28(25)17-30(42)37(26,27)6)48-35-32(38)34(47-22(4)41)33(46-21(3)40)29(49-35)18-45-20(2)39/h19,23-30,32-35,42H,8-18H2,1-7H3/t19-,23-,24-,25+,26-,27+,28+,29-,30+,32+,33-,34-,35+,36+,37-/m1/s1. The fourth-order valence-electron chi connectivity index (χ4n) is 11.1. The van der Waals surface area contributed by atoms with Crippen molar-refractivity contribution >= 4 is 46.5 Å². The summed E-state index contributed by atoms with van der Waals surface area (Å²) in [6.07, 6.45) is 5.33. The van der Waals surface area contributed by atoms with E-state index in [1.165, 1.54) is 27.9 Å². The average molecular weight is 805 g/mol. The molecular formula is C37H57IO11. The number of hydrogen-bond acceptors (Lipinski definition) is 11. The normalized spacial score (nSPS) is 43.6. The molecule has 5 fully saturated rings. The van der Waals surface area contributed by atoms with Crippen LogP contribution in [0.4, 0.5) is 0 Å². The number of hydrogen-bond donors (Lipinski definition) is 1. The van der Waals surface area contributed by atoms with Gasteiger partial charge in [0.25, 0.3) is 0 Å². The second-order valence-corrected chi connectivity index (χ2v) is 17.5. The molecule has 15 atom stereocenters. The van der Waals surface area contributed by atoms with Gasteiger partial charge < -0.3 is 33.5 Å². The van der Waals surface area contributed by atoms with Crippen molar-refractivity contribution in [3.05, 3.63) is 0 Å². The molecule has 5 rings (SSSR count). The topological polar surface area (TPSA) is 144 Å². The summed E-state index contributed by atoms with van der Waals surface area (Å²) in [5, 5.41) is 12.0. The molecule has 1 N–H and O–H groups in total. The van der Waals surface area contributed by atoms with Crippen LogP contribution in [-0.2, 0) is 47.6 Å². The van der Waals surface area contributed by atoms with Gasteiger partial charge in [0, 0.05) is 27.2 Å². The Morgan fingerprint density at radius 1 is 0.918 bits per heavy atom. The van der Waals surface area contributed by atoms with Crippen LogP contribution in [0, 0.1) is 46.3 Å². The minimum atomic E-state index is -0.957. The van der Waals surface area contributed by atoms with E-state index in [1.54, 1.807) is 0 Å². The highest BCUT2D eigenvalue weighted by Gasteiger charge is 2.64. The second kappa shape index (κ2) is 15.6. The Labute approximate surface area is 304 Å². The van der Waals surface area contributed by atoms with Crippen LogP contribution in [0.1, 0.15) is 106 Å². The Hall–Kier alpha value is -1.51. The third kappa shape index (κ3) is 7.82. The van der Waals surface area contributed by atoms with Crippen molar-refractivity contribution in [1.82, 2.24) is 0 Å². The van der Waals surface area contributed by atoms with Crippen LogP contribution >= 0.6 is 22.6 Å². The molecule has 0 bridgehead atoms. The second-order valence-electron chi connectivity index (χ2n) is 16.0. The van der Waals surface area contributed by atoms with Gasteiger partial charge in [-0.1, -0.05) is 43.4 Å². The molecule has 0 spiro atoms. The lowest BCUT2D eigenvalue weighted by atomic mass is 9.43. The first-order chi connectivity index (χ1) is 23.1. The monoisotopic (exact) mass is 804 g/mol. The highest BCUT2D eigenvalue weighted by atomic mass is 127. The van der Waals surface area contributed by atoms with E-state index in [-0.39, 0.29) is 35.6 Å². The van der Waals surface area contributed by atoms with Crippen LogP contribution < -0.4 is 0 Å². The van der Waals surface area contributed by atoms with E-state index in [2.05, 4.69) is 43.4 Å². The summed E-state index contributed by atoms with van der Waals surface area (Å²) in [4.78, 5) is 47.7. The molecule has 4 saturated carbocycles. The quantitative estimate of drug-likeness (QED) is 0.0977. The van der Waals surface area contributed by atoms with E-state index in [0.29, 0.717) is 41.9 Å². The summed E-state index contributed by atoms with van der Waals surface area (Å²) in [6.45, 7) is 10.7. The van der Waals surface area contributed by atoms with Gasteiger partial charge in [0.1, 0.15) is 16.6 Å². The fraction of sp³-hybridized carbons (Fsp3) is 0.892. The molecule has 278 valence electrons. The summed E-state index contributed by atoms with van der Waals surface area (Å²) >= 11 is 2.15. The first kappa shape index (κ1) is 38.7. The minimum Gasteiger partial charge on any atom is -0.469 e. The summed E-state index contributed by atoms with van der Waals surface area (Å²) in [6, 6.07) is 0. The number of esters is 4. The predicted octanol–water partition coefficient (Wildman–Crippen LogP) is 5.55. The van der Waals surface area contributed by atoms with Gasteiger partial charge in [-0.05, 0) is 104 Å². The number of rotatable bonds is 10. The average Bonchev–Trinajstić information content (AvgIpc) is 3.41. The predicted molar refractivity (Wildman–Crippen MR) is 186 cm³/mol. The van der Waals surface area contributed by atoms with Gasteiger partial charge in [-0.15, -0.1) is 0 Å². The lowest BCUT2D eigenvalue weighted by Crippen LogP contribution is -2.61. The van der Waals surface area contributed by atoms with Gasteiger partial charge in [0.15, 0.2) is 18.5 Å². The first-order valence-electron chi connectivity index (χ1n) is 18.3. The number of aliphatic hydroxyl groups excluding tert-OH is 1. The zero-order valence-corrected chi connectivity index (χ0v) is 32.3. The van der Waals surface area contributed by atoms with E-state index >= 15 is 0 Å². The fourth-order valence-corrected chi connectivity index (χ4v) is 12.0. The number of carbonyl (C=O) groups is 4. The summed E-state index contributed by atoms with van der Waals surface area (Å²) in [5.41, 5.74) is -0.0473. The molecule has 11 nitrogen and oxygen atoms in total. The van der Waals surface area contributed by atoms with Crippen molar-refractivity contribution in [1.29, 1.82) is 0 Å². The Balaban J connectivity index is 1.27. The van der Waals surface area contributed by atoms with Gasteiger partial charge in [-0.3, -0.25) is 19.2 Å². The Bertz CT molecular complexity index is 1230. The zero-order valence-electron chi connectivity index (χ0n) is 30.2. The maximum absolute atomic E-state index is 12.1. The summed E-state index contributed by atoms with van der Waals surface area (Å²) in [7, 11) is 1.44. The molecule has 12 heteroatoms. The zero-order chi connectivity index (χ0) is 35.8. The molecule has 1 heterocycles. The first-order valence-corrected chi connectivity index (χ1v) is 19.5. The molecule has 5 aliphatic rings. The molecule has 0 aromatic heterocycles. The largest absolute Gasteiger partial charge is 0.469 e. The molecule has 49 heavy (non-hydrogen) atoms. The maximum atomic E-state index is 12.1. The van der Waals surface area contributed by atoms with Crippen molar-refractivity contribution in [3.8, 4) is 0 Å². The van der Waals surface area contributed by atoms with Crippen molar-refractivity contribution in [2.45, 2.75) is 146 Å². The molecule has 0 radical (unpaired) electrons. The lowest BCUT2D eigenvalue weighted by Gasteiger charge is -2.62. The van der Waals surface area contributed by atoms with E-state index < -0.39 is 46.4 Å². The molecule has 0 amide bonds. The maximum Gasteiger partial charge on any atom is 0.305 e. The van der Waals surface area contributed by atoms with Crippen LogP contribution in [-0.4, -0.2) is 83.4 Å². The summed E-state index contributed by atoms with van der Waals surface area (Å²) < 4.78 is 33.9. The van der Waals surface area contributed by atoms with Gasteiger partial charge in [-0.2, -0.15) is 0 Å². The SMILES string of the molecule is COC(=O)CC[C@@H](C)[C@H]1CC[C@H]2[C@@H]3CC[C@@H]4C[C@H](O[C@H]5O[C@H](COC(C)=O)[C@@H](OC(C)=O)[C@H](OC(C)=O)[C@@H]5I)CC[C@]4(C)[C@H]3C[C@H](O)[C@]12C. The number of aliphatic hydroxyl groups is 1. The van der Waals surface area contributed by atoms with Crippen LogP contribution in [0.25, 0.3) is 0 Å². The van der Waals surface area contributed by atoms with Gasteiger partial charge in [0.05, 0.1) is 19.3 Å². The van der Waals surface area contributed by atoms with Crippen molar-refractivity contribution in [3.63, 3.8) is 0 Å². The number of ether oxygens (including phenoxy) is 6. The molecule has 4 aliphatic carbocycles. The highest BCUT2D eigenvalue weighted by Crippen LogP contribution is 2.68. The van der Waals surface area contributed by atoms with Crippen molar-refractivity contribution in [2.75, 3.05) is 13.7 Å². The molecule has 1 saturated heterocycles. The van der Waals surface area contributed by atoms with Gasteiger partial charge in [-0.25, -0.2) is 0 Å². The Kier molecular flexibility index (Phi) is 12.3. The smallest absolute Gasteiger partial charge is 0.305 e. The van der Waals surface area contributed by atoms with Crippen LogP contribution in [0.3, 0.4) is 0 Å². The van der Waals surface area contributed by atoms with E-state index in [1.807, 2.05) is 0 Å². The van der Waals surface area contributed by atoms with Crippen LogP contribution in [0.5, 0.6) is 0 Å². The lowest BCUT2D eigenvalue weighted by molar-refractivity contribution is -0.277. The third-order valence-corrected chi connectivity index (χ3v) is 14.8. The Morgan fingerprint density at radius 3 is 2.27 bits per heavy atom.